The van der Waals surface area contributed by atoms with Crippen molar-refractivity contribution < 1.29 is 0 Å². The highest BCUT2D eigenvalue weighted by Crippen LogP contribution is 2.59. The third-order valence-electron chi connectivity index (χ3n) is 15.7. The average Bonchev–Trinajstić information content (AvgIpc) is 3.98. The van der Waals surface area contributed by atoms with Crippen molar-refractivity contribution >= 4 is 109 Å². The summed E-state index contributed by atoms with van der Waals surface area (Å²) in [5, 5.41) is 5.43. The molecule has 0 N–H and O–H groups in total. The molecule has 10 aromatic rings. The second kappa shape index (κ2) is 11.2. The molecule has 0 amide bonds. The van der Waals surface area contributed by atoms with Crippen molar-refractivity contribution in [1.29, 1.82) is 0 Å². The first-order valence-electron chi connectivity index (χ1n) is 22.1. The van der Waals surface area contributed by atoms with Gasteiger partial charge in [-0.3, -0.25) is 0 Å². The van der Waals surface area contributed by atoms with Gasteiger partial charge in [0.1, 0.15) is 0 Å². The number of hydrogen-bond donors (Lipinski definition) is 0. The molecule has 5 heterocycles. The van der Waals surface area contributed by atoms with Crippen LogP contribution in [0.25, 0.3) is 73.6 Å². The van der Waals surface area contributed by atoms with Crippen molar-refractivity contribution in [3.63, 3.8) is 0 Å². The first-order chi connectivity index (χ1) is 29.4. The van der Waals surface area contributed by atoms with E-state index in [1.807, 2.05) is 22.7 Å². The third kappa shape index (κ3) is 4.16. The van der Waals surface area contributed by atoms with Gasteiger partial charge < -0.3 is 9.38 Å². The Morgan fingerprint density at radius 1 is 0.492 bits per heavy atom. The Morgan fingerprint density at radius 2 is 1.13 bits per heavy atom. The highest BCUT2D eigenvalue weighted by atomic mass is 32.1. The number of hydrogen-bond acceptors (Lipinski definition) is 3. The smallest absolute Gasteiger partial charge is 0.334 e. The van der Waals surface area contributed by atoms with Crippen LogP contribution in [0.5, 0.6) is 0 Å². The summed E-state index contributed by atoms with van der Waals surface area (Å²) in [7, 11) is 0. The fraction of sp³-hybridized carbons (Fsp3) is 0.214. The lowest BCUT2D eigenvalue weighted by Crippen LogP contribution is -2.57. The van der Waals surface area contributed by atoms with Crippen LogP contribution < -0.4 is 15.8 Å². The SMILES string of the molecule is Cc1cc2c(cc1N1c3cc4c(c5c3B(c3c1ccc1c3sc3ccccc31)n1c3c-5cccc3c3sc5ccccc5c31)-c1ccccc1C4(C)C)C(C)(C)CCC2(C)C. The topological polar surface area (TPSA) is 8.17 Å². The van der Waals surface area contributed by atoms with Crippen molar-refractivity contribution in [1.82, 2.24) is 4.48 Å². The lowest BCUT2D eigenvalue weighted by Gasteiger charge is -2.45. The molecule has 4 aliphatic rings. The van der Waals surface area contributed by atoms with Crippen molar-refractivity contribution in [2.24, 2.45) is 0 Å². The lowest BCUT2D eigenvalue weighted by molar-refractivity contribution is 0.332. The maximum absolute atomic E-state index is 2.81. The summed E-state index contributed by atoms with van der Waals surface area (Å²) < 4.78 is 8.31. The number of aryl methyl sites for hydroxylation is 1. The molecule has 14 rings (SSSR count). The van der Waals surface area contributed by atoms with E-state index in [0.29, 0.717) is 0 Å². The molecule has 2 aliphatic heterocycles. The third-order valence-corrected chi connectivity index (χ3v) is 18.2. The number of aromatic nitrogens is 1. The molecule has 0 spiro atoms. The Morgan fingerprint density at radius 3 is 1.93 bits per heavy atom. The Kier molecular flexibility index (Phi) is 6.46. The molecule has 5 heteroatoms. The van der Waals surface area contributed by atoms with Crippen LogP contribution in [0.3, 0.4) is 0 Å². The summed E-state index contributed by atoms with van der Waals surface area (Å²) in [6.07, 6.45) is 2.39. The standard InChI is InChI=1S/C56H45BN2S2/c1-30-27-38-39(55(4,5)26-25-54(38,2)3)28-42(30)58-41-24-23-32-31-15-9-12-21-44(31)60-52(32)49(41)57-48-43(58)29-40-46(33-16-8-11-20-37(33)56(40,6)7)47(48)35-18-14-19-36-50(35)59(57)51-34-17-10-13-22-45(34)61-53(36)51/h8-24,27-29H,25-26H2,1-7H3. The summed E-state index contributed by atoms with van der Waals surface area (Å²) in [6, 6.07) is 47.4. The maximum atomic E-state index is 2.81. The molecule has 0 saturated carbocycles. The zero-order chi connectivity index (χ0) is 41.1. The molecule has 61 heavy (non-hydrogen) atoms. The number of anilines is 3. The van der Waals surface area contributed by atoms with Crippen molar-refractivity contribution in [3.8, 4) is 22.3 Å². The van der Waals surface area contributed by atoms with Crippen LogP contribution >= 0.6 is 22.7 Å². The van der Waals surface area contributed by atoms with E-state index in [1.165, 1.54) is 142 Å². The van der Waals surface area contributed by atoms with Crippen LogP contribution in [-0.2, 0) is 16.2 Å². The van der Waals surface area contributed by atoms with Gasteiger partial charge in [-0.15, -0.1) is 22.7 Å². The molecular formula is C56H45BN2S2. The fourth-order valence-corrected chi connectivity index (χ4v) is 15.1. The zero-order valence-electron chi connectivity index (χ0n) is 35.7. The number of para-hydroxylation sites is 1. The number of rotatable bonds is 1. The van der Waals surface area contributed by atoms with E-state index in [-0.39, 0.29) is 23.1 Å². The largest absolute Gasteiger partial charge is 0.374 e. The molecule has 0 atom stereocenters. The molecular weight excluding hydrogens is 776 g/mol. The normalized spacial score (nSPS) is 17.3. The van der Waals surface area contributed by atoms with E-state index in [1.54, 1.807) is 0 Å². The number of benzene rings is 7. The molecule has 3 aromatic heterocycles. The average molecular weight is 821 g/mol. The minimum absolute atomic E-state index is 0.0320. The fourth-order valence-electron chi connectivity index (χ4n) is 12.6. The van der Waals surface area contributed by atoms with Gasteiger partial charge >= 0.3 is 6.85 Å². The van der Waals surface area contributed by atoms with Gasteiger partial charge in [0.25, 0.3) is 0 Å². The summed E-state index contributed by atoms with van der Waals surface area (Å²) in [6.45, 7) is 17.1. The zero-order valence-corrected chi connectivity index (χ0v) is 37.4. The molecule has 0 radical (unpaired) electrons. The molecule has 0 bridgehead atoms. The summed E-state index contributed by atoms with van der Waals surface area (Å²) in [4.78, 5) is 2.73. The van der Waals surface area contributed by atoms with Crippen LogP contribution in [0, 0.1) is 6.92 Å². The van der Waals surface area contributed by atoms with Gasteiger partial charge in [0, 0.05) is 69.2 Å². The Hall–Kier alpha value is -5.62. The number of fused-ring (bicyclic) bond motifs is 18. The molecule has 2 nitrogen and oxygen atoms in total. The van der Waals surface area contributed by atoms with Crippen LogP contribution in [-0.4, -0.2) is 11.3 Å². The summed E-state index contributed by atoms with van der Waals surface area (Å²) in [5.74, 6) is 0. The summed E-state index contributed by atoms with van der Waals surface area (Å²) in [5.41, 5.74) is 22.4. The van der Waals surface area contributed by atoms with Gasteiger partial charge in [-0.1, -0.05) is 133 Å². The molecule has 0 unspecified atom stereocenters. The van der Waals surface area contributed by atoms with E-state index < -0.39 is 0 Å². The van der Waals surface area contributed by atoms with Crippen molar-refractivity contribution in [2.75, 3.05) is 4.90 Å². The highest BCUT2D eigenvalue weighted by Gasteiger charge is 2.49. The molecule has 7 aromatic carbocycles. The Labute approximate surface area is 365 Å². The minimum Gasteiger partial charge on any atom is -0.374 e. The molecule has 2 aliphatic carbocycles. The predicted octanol–water partition coefficient (Wildman–Crippen LogP) is 14.8. The first kappa shape index (κ1) is 35.0. The lowest BCUT2D eigenvalue weighted by atomic mass is 9.44. The quantitative estimate of drug-likeness (QED) is 0.150. The van der Waals surface area contributed by atoms with Crippen LogP contribution in [0.4, 0.5) is 17.1 Å². The van der Waals surface area contributed by atoms with Crippen LogP contribution in [0.1, 0.15) is 82.2 Å². The van der Waals surface area contributed by atoms with Gasteiger partial charge in [0.15, 0.2) is 0 Å². The Balaban J connectivity index is 1.22. The second-order valence-corrected chi connectivity index (χ2v) is 22.4. The second-order valence-electron chi connectivity index (χ2n) is 20.3. The van der Waals surface area contributed by atoms with E-state index >= 15 is 0 Å². The highest BCUT2D eigenvalue weighted by molar-refractivity contribution is 7.28. The predicted molar refractivity (Wildman–Crippen MR) is 266 cm³/mol. The van der Waals surface area contributed by atoms with E-state index in [0.717, 1.165) is 0 Å². The minimum atomic E-state index is -0.171. The van der Waals surface area contributed by atoms with Crippen molar-refractivity contribution in [2.45, 2.75) is 77.6 Å². The summed E-state index contributed by atoms with van der Waals surface area (Å²) >= 11 is 3.95. The van der Waals surface area contributed by atoms with Gasteiger partial charge in [0.2, 0.25) is 0 Å². The van der Waals surface area contributed by atoms with E-state index in [4.69, 9.17) is 0 Å². The maximum Gasteiger partial charge on any atom is 0.334 e. The van der Waals surface area contributed by atoms with E-state index in [9.17, 15) is 0 Å². The van der Waals surface area contributed by atoms with Gasteiger partial charge in [-0.25, -0.2) is 0 Å². The van der Waals surface area contributed by atoms with Crippen LogP contribution in [0.2, 0.25) is 0 Å². The molecule has 0 saturated heterocycles. The van der Waals surface area contributed by atoms with Gasteiger partial charge in [-0.05, 0) is 116 Å². The van der Waals surface area contributed by atoms with Crippen molar-refractivity contribution in [3.05, 3.63) is 149 Å². The van der Waals surface area contributed by atoms with E-state index in [2.05, 4.69) is 179 Å². The monoisotopic (exact) mass is 820 g/mol. The number of thiophene rings is 2. The molecule has 0 fully saturated rings. The van der Waals surface area contributed by atoms with Crippen LogP contribution in [0.15, 0.2) is 121 Å². The molecule has 294 valence electrons. The first-order valence-corrected chi connectivity index (χ1v) is 23.7. The van der Waals surface area contributed by atoms with Gasteiger partial charge in [0.05, 0.1) is 10.2 Å². The number of nitrogens with zero attached hydrogens (tertiary/aromatic N) is 2. The Bertz CT molecular complexity index is 3660. The van der Waals surface area contributed by atoms with Gasteiger partial charge in [-0.2, -0.15) is 0 Å².